The Bertz CT molecular complexity index is 1140. The number of hydrogen-bond acceptors (Lipinski definition) is 2. The fraction of sp³-hybridized carbons (Fsp3) is 0.355. The van der Waals surface area contributed by atoms with Crippen LogP contribution in [0.1, 0.15) is 54.2 Å². The minimum absolute atomic E-state index is 0.0526. The molecule has 0 bridgehead atoms. The van der Waals surface area contributed by atoms with Gasteiger partial charge < -0.3 is 10.2 Å². The maximum Gasteiger partial charge on any atom is 0.243 e. The lowest BCUT2D eigenvalue weighted by atomic mass is 9.98. The molecule has 0 fully saturated rings. The first kappa shape index (κ1) is 26.2. The van der Waals surface area contributed by atoms with Gasteiger partial charge in [0.25, 0.3) is 0 Å². The predicted molar refractivity (Wildman–Crippen MR) is 143 cm³/mol. The van der Waals surface area contributed by atoms with Crippen LogP contribution in [0.25, 0.3) is 0 Å². The molecule has 1 atom stereocenters. The van der Waals surface area contributed by atoms with Crippen molar-refractivity contribution in [3.63, 3.8) is 0 Å². The Hall–Kier alpha value is -3.40. The van der Waals surface area contributed by atoms with Crippen LogP contribution < -0.4 is 5.32 Å². The van der Waals surface area contributed by atoms with Crippen molar-refractivity contribution in [1.29, 1.82) is 0 Å². The fourth-order valence-electron chi connectivity index (χ4n) is 4.43. The summed E-state index contributed by atoms with van der Waals surface area (Å²) in [6.07, 6.45) is 0.704. The molecule has 0 aromatic heterocycles. The van der Waals surface area contributed by atoms with E-state index in [2.05, 4.69) is 23.5 Å². The van der Waals surface area contributed by atoms with Crippen LogP contribution in [0, 0.1) is 20.8 Å². The Labute approximate surface area is 210 Å². The van der Waals surface area contributed by atoms with Crippen LogP contribution >= 0.6 is 0 Å². The molecular formula is C31H38N2O2. The van der Waals surface area contributed by atoms with Gasteiger partial charge in [-0.25, -0.2) is 0 Å². The summed E-state index contributed by atoms with van der Waals surface area (Å²) in [4.78, 5) is 29.3. The highest BCUT2D eigenvalue weighted by Crippen LogP contribution is 2.20. The molecule has 0 radical (unpaired) electrons. The Balaban J connectivity index is 2.02. The highest BCUT2D eigenvalue weighted by Gasteiger charge is 2.32. The van der Waals surface area contributed by atoms with Crippen LogP contribution in [0.2, 0.25) is 0 Å². The number of rotatable bonds is 8. The van der Waals surface area contributed by atoms with Crippen LogP contribution in [0.3, 0.4) is 0 Å². The summed E-state index contributed by atoms with van der Waals surface area (Å²) in [6.45, 7) is 12.4. The van der Waals surface area contributed by atoms with Crippen molar-refractivity contribution in [2.75, 3.05) is 0 Å². The standard InChI is InChI=1S/C31H38N2O2/c1-22-16-23(2)18-26(17-22)20-29(34)33(21-27-15-11-10-12-24(27)3)28(30(35)32-31(4,5)6)19-25-13-8-7-9-14-25/h7-18,28H,19-21H2,1-6H3,(H,32,35)/t28-/m0/s1. The highest BCUT2D eigenvalue weighted by molar-refractivity contribution is 5.89. The van der Waals surface area contributed by atoms with E-state index in [-0.39, 0.29) is 18.2 Å². The lowest BCUT2D eigenvalue weighted by Gasteiger charge is -2.34. The van der Waals surface area contributed by atoms with E-state index in [1.807, 2.05) is 96.1 Å². The van der Waals surface area contributed by atoms with Gasteiger partial charge >= 0.3 is 0 Å². The highest BCUT2D eigenvalue weighted by atomic mass is 16.2. The van der Waals surface area contributed by atoms with E-state index in [1.165, 1.54) is 0 Å². The Kier molecular flexibility index (Phi) is 8.50. The average Bonchev–Trinajstić information content (AvgIpc) is 2.76. The minimum Gasteiger partial charge on any atom is -0.350 e. The number of carbonyl (C=O) groups excluding carboxylic acids is 2. The second-order valence-corrected chi connectivity index (χ2v) is 10.6. The van der Waals surface area contributed by atoms with Crippen LogP contribution in [-0.4, -0.2) is 28.3 Å². The van der Waals surface area contributed by atoms with E-state index in [9.17, 15) is 9.59 Å². The van der Waals surface area contributed by atoms with Crippen LogP contribution in [0.4, 0.5) is 0 Å². The van der Waals surface area contributed by atoms with E-state index >= 15 is 0 Å². The maximum atomic E-state index is 13.9. The first-order chi connectivity index (χ1) is 16.5. The molecule has 3 aromatic carbocycles. The summed E-state index contributed by atoms with van der Waals surface area (Å²) in [6, 6.07) is 23.6. The third-order valence-electron chi connectivity index (χ3n) is 6.01. The third-order valence-corrected chi connectivity index (χ3v) is 6.01. The zero-order chi connectivity index (χ0) is 25.6. The fourth-order valence-corrected chi connectivity index (χ4v) is 4.43. The number of nitrogens with zero attached hydrogens (tertiary/aromatic N) is 1. The van der Waals surface area contributed by atoms with Crippen molar-refractivity contribution < 1.29 is 9.59 Å². The number of hydrogen-bond donors (Lipinski definition) is 1. The zero-order valence-electron chi connectivity index (χ0n) is 21.9. The van der Waals surface area contributed by atoms with Gasteiger partial charge in [0.15, 0.2) is 0 Å². The second-order valence-electron chi connectivity index (χ2n) is 10.6. The van der Waals surface area contributed by atoms with E-state index in [0.717, 1.165) is 33.4 Å². The summed E-state index contributed by atoms with van der Waals surface area (Å²) in [5.41, 5.74) is 5.99. The molecule has 0 aliphatic carbocycles. The predicted octanol–water partition coefficient (Wildman–Crippen LogP) is 5.71. The molecule has 3 rings (SSSR count). The first-order valence-corrected chi connectivity index (χ1v) is 12.3. The minimum atomic E-state index is -0.630. The monoisotopic (exact) mass is 470 g/mol. The van der Waals surface area contributed by atoms with Crippen molar-refractivity contribution >= 4 is 11.8 Å². The summed E-state index contributed by atoms with van der Waals surface area (Å²) >= 11 is 0. The van der Waals surface area contributed by atoms with Gasteiger partial charge in [-0.2, -0.15) is 0 Å². The van der Waals surface area contributed by atoms with Gasteiger partial charge in [0.1, 0.15) is 6.04 Å². The number of nitrogens with one attached hydrogen (secondary N) is 1. The SMILES string of the molecule is Cc1cc(C)cc(CC(=O)N(Cc2ccccc2C)[C@@H](Cc2ccccc2)C(=O)NC(C)(C)C)c1. The van der Waals surface area contributed by atoms with Crippen molar-refractivity contribution in [1.82, 2.24) is 10.2 Å². The molecule has 1 N–H and O–H groups in total. The number of aryl methyl sites for hydroxylation is 3. The number of benzene rings is 3. The molecule has 0 unspecified atom stereocenters. The van der Waals surface area contributed by atoms with E-state index < -0.39 is 11.6 Å². The normalized spacial score (nSPS) is 12.2. The Morgan fingerprint density at radius 2 is 1.43 bits per heavy atom. The molecule has 2 amide bonds. The van der Waals surface area contributed by atoms with Gasteiger partial charge in [0.2, 0.25) is 11.8 Å². The van der Waals surface area contributed by atoms with Gasteiger partial charge in [-0.05, 0) is 63.8 Å². The lowest BCUT2D eigenvalue weighted by molar-refractivity contribution is -0.141. The molecule has 4 heteroatoms. The molecule has 0 saturated carbocycles. The molecule has 0 heterocycles. The van der Waals surface area contributed by atoms with Crippen LogP contribution in [0.5, 0.6) is 0 Å². The molecule has 3 aromatic rings. The maximum absolute atomic E-state index is 13.9. The lowest BCUT2D eigenvalue weighted by Crippen LogP contribution is -2.54. The summed E-state index contributed by atoms with van der Waals surface area (Å²) < 4.78 is 0. The number of amides is 2. The molecule has 0 spiro atoms. The van der Waals surface area contributed by atoms with Gasteiger partial charge in [-0.15, -0.1) is 0 Å². The van der Waals surface area contributed by atoms with Crippen molar-refractivity contribution in [2.45, 2.75) is 72.5 Å². The molecule has 4 nitrogen and oxygen atoms in total. The Morgan fingerprint density at radius 3 is 2.03 bits per heavy atom. The van der Waals surface area contributed by atoms with Gasteiger partial charge in [-0.1, -0.05) is 83.9 Å². The molecule has 0 aliphatic heterocycles. The quantitative estimate of drug-likeness (QED) is 0.458. The first-order valence-electron chi connectivity index (χ1n) is 12.3. The summed E-state index contributed by atoms with van der Waals surface area (Å²) in [7, 11) is 0. The van der Waals surface area contributed by atoms with Gasteiger partial charge in [0.05, 0.1) is 6.42 Å². The molecule has 35 heavy (non-hydrogen) atoms. The topological polar surface area (TPSA) is 49.4 Å². The van der Waals surface area contributed by atoms with Crippen LogP contribution in [-0.2, 0) is 29.0 Å². The summed E-state index contributed by atoms with van der Waals surface area (Å²) in [5, 5.41) is 3.12. The van der Waals surface area contributed by atoms with Crippen molar-refractivity contribution in [3.8, 4) is 0 Å². The second kappa shape index (κ2) is 11.4. The molecule has 184 valence electrons. The molecule has 0 saturated heterocycles. The average molecular weight is 471 g/mol. The zero-order valence-corrected chi connectivity index (χ0v) is 21.9. The molecular weight excluding hydrogens is 432 g/mol. The van der Waals surface area contributed by atoms with E-state index in [0.29, 0.717) is 13.0 Å². The van der Waals surface area contributed by atoms with Crippen molar-refractivity contribution in [2.24, 2.45) is 0 Å². The third kappa shape index (κ3) is 7.81. The Morgan fingerprint density at radius 1 is 0.829 bits per heavy atom. The largest absolute Gasteiger partial charge is 0.350 e. The smallest absolute Gasteiger partial charge is 0.243 e. The summed E-state index contributed by atoms with van der Waals surface area (Å²) in [5.74, 6) is -0.188. The van der Waals surface area contributed by atoms with Crippen molar-refractivity contribution in [3.05, 3.63) is 106 Å². The van der Waals surface area contributed by atoms with Gasteiger partial charge in [0, 0.05) is 18.5 Å². The molecule has 0 aliphatic rings. The van der Waals surface area contributed by atoms with Gasteiger partial charge in [-0.3, -0.25) is 9.59 Å². The number of carbonyl (C=O) groups is 2. The van der Waals surface area contributed by atoms with E-state index in [1.54, 1.807) is 4.90 Å². The van der Waals surface area contributed by atoms with Crippen LogP contribution in [0.15, 0.2) is 72.8 Å². The van der Waals surface area contributed by atoms with E-state index in [4.69, 9.17) is 0 Å².